The van der Waals surface area contributed by atoms with E-state index in [9.17, 15) is 27.2 Å². The molecule has 0 saturated heterocycles. The van der Waals surface area contributed by atoms with Gasteiger partial charge in [-0.2, -0.15) is 8.78 Å². The van der Waals surface area contributed by atoms with E-state index in [1.807, 2.05) is 0 Å². The number of rotatable bonds is 5. The number of carbonyl (C=O) groups is 2. The predicted molar refractivity (Wildman–Crippen MR) is 66.7 cm³/mol. The van der Waals surface area contributed by atoms with Crippen molar-refractivity contribution in [1.82, 2.24) is 0 Å². The Labute approximate surface area is 117 Å². The lowest BCUT2D eigenvalue weighted by molar-refractivity contribution is -0.163. The largest absolute Gasteiger partial charge is 0.481 e. The van der Waals surface area contributed by atoms with Crippen LogP contribution in [-0.2, 0) is 15.0 Å². The third-order valence-corrected chi connectivity index (χ3v) is 2.98. The van der Waals surface area contributed by atoms with Gasteiger partial charge in [-0.1, -0.05) is 12.1 Å². The second-order valence-corrected chi connectivity index (χ2v) is 4.89. The van der Waals surface area contributed by atoms with E-state index in [1.54, 1.807) is 5.32 Å². The molecule has 4 nitrogen and oxygen atoms in total. The summed E-state index contributed by atoms with van der Waals surface area (Å²) >= 11 is 0. The fourth-order valence-electron chi connectivity index (χ4n) is 1.41. The molecule has 0 aliphatic heterocycles. The number of hydrogen-bond donors (Lipinski definition) is 2. The molecule has 0 aromatic heterocycles. The number of alkyl halides is 4. The van der Waals surface area contributed by atoms with Gasteiger partial charge in [0, 0.05) is 5.69 Å². The van der Waals surface area contributed by atoms with Crippen molar-refractivity contribution < 1.29 is 32.3 Å². The number of halogens is 4. The van der Waals surface area contributed by atoms with Crippen molar-refractivity contribution in [3.63, 3.8) is 0 Å². The van der Waals surface area contributed by atoms with Crippen LogP contribution in [0.1, 0.15) is 19.4 Å². The first-order chi connectivity index (χ1) is 9.49. The van der Waals surface area contributed by atoms with E-state index in [4.69, 9.17) is 5.11 Å². The van der Waals surface area contributed by atoms with Gasteiger partial charge in [-0.25, -0.2) is 8.78 Å². The third-order valence-electron chi connectivity index (χ3n) is 2.98. The van der Waals surface area contributed by atoms with E-state index in [1.165, 1.54) is 38.1 Å². The maximum atomic E-state index is 12.8. The van der Waals surface area contributed by atoms with Gasteiger partial charge in [0.2, 0.25) is 0 Å². The molecule has 0 unspecified atom stereocenters. The zero-order valence-electron chi connectivity index (χ0n) is 11.2. The molecule has 0 aliphatic carbocycles. The van der Waals surface area contributed by atoms with Gasteiger partial charge in [0.25, 0.3) is 0 Å². The number of amides is 1. The maximum absolute atomic E-state index is 12.8. The highest BCUT2D eigenvalue weighted by Gasteiger charge is 2.48. The van der Waals surface area contributed by atoms with Crippen molar-refractivity contribution >= 4 is 17.6 Å². The molecule has 116 valence electrons. The molecule has 0 saturated carbocycles. The standard InChI is InChI=1S/C13H13F4NO3/c1-12(2,11(20)21)7-3-5-8(6-4-7)18-10(19)13(16,17)9(14)15/h3-6,9H,1-2H3,(H,18,19)(H,20,21). The van der Waals surface area contributed by atoms with E-state index < -0.39 is 29.6 Å². The van der Waals surface area contributed by atoms with Gasteiger partial charge in [0.15, 0.2) is 0 Å². The summed E-state index contributed by atoms with van der Waals surface area (Å²) in [5.41, 5.74) is -0.978. The fourth-order valence-corrected chi connectivity index (χ4v) is 1.41. The molecule has 21 heavy (non-hydrogen) atoms. The molecule has 0 aliphatic rings. The van der Waals surface area contributed by atoms with Gasteiger partial charge in [-0.3, -0.25) is 9.59 Å². The van der Waals surface area contributed by atoms with Crippen LogP contribution in [0, 0.1) is 0 Å². The summed E-state index contributed by atoms with van der Waals surface area (Å²) < 4.78 is 49.5. The quantitative estimate of drug-likeness (QED) is 0.822. The molecule has 0 radical (unpaired) electrons. The first-order valence-corrected chi connectivity index (χ1v) is 5.81. The lowest BCUT2D eigenvalue weighted by Gasteiger charge is -2.20. The normalized spacial score (nSPS) is 12.3. The summed E-state index contributed by atoms with van der Waals surface area (Å²) in [6.45, 7) is 2.88. The van der Waals surface area contributed by atoms with E-state index in [0.717, 1.165) is 0 Å². The fraction of sp³-hybridized carbons (Fsp3) is 0.385. The number of benzene rings is 1. The Morgan fingerprint density at radius 1 is 1.14 bits per heavy atom. The molecule has 1 rings (SSSR count). The summed E-state index contributed by atoms with van der Waals surface area (Å²) in [6.07, 6.45) is -4.11. The molecular weight excluding hydrogens is 294 g/mol. The van der Waals surface area contributed by atoms with Crippen LogP contribution in [0.25, 0.3) is 0 Å². The molecule has 1 amide bonds. The lowest BCUT2D eigenvalue weighted by atomic mass is 9.85. The molecule has 1 aromatic carbocycles. The molecule has 2 N–H and O–H groups in total. The van der Waals surface area contributed by atoms with Gasteiger partial charge in [-0.05, 0) is 31.5 Å². The van der Waals surface area contributed by atoms with E-state index in [0.29, 0.717) is 5.56 Å². The summed E-state index contributed by atoms with van der Waals surface area (Å²) in [7, 11) is 0. The molecule has 1 aromatic rings. The summed E-state index contributed by atoms with van der Waals surface area (Å²) in [5, 5.41) is 10.7. The summed E-state index contributed by atoms with van der Waals surface area (Å²) in [6, 6.07) is 4.95. The Hall–Kier alpha value is -2.12. The second-order valence-electron chi connectivity index (χ2n) is 4.89. The van der Waals surface area contributed by atoms with Crippen molar-refractivity contribution in [2.24, 2.45) is 0 Å². The first-order valence-electron chi connectivity index (χ1n) is 5.81. The Bertz CT molecular complexity index is 541. The molecule has 0 spiro atoms. The monoisotopic (exact) mass is 307 g/mol. The zero-order valence-corrected chi connectivity index (χ0v) is 11.2. The Balaban J connectivity index is 2.90. The Morgan fingerprint density at radius 3 is 2.00 bits per heavy atom. The SMILES string of the molecule is CC(C)(C(=O)O)c1ccc(NC(=O)C(F)(F)C(F)F)cc1. The van der Waals surface area contributed by atoms with Crippen molar-refractivity contribution in [3.8, 4) is 0 Å². The number of nitrogens with one attached hydrogen (secondary N) is 1. The van der Waals surface area contributed by atoms with Crippen molar-refractivity contribution in [3.05, 3.63) is 29.8 Å². The van der Waals surface area contributed by atoms with Crippen LogP contribution in [0.5, 0.6) is 0 Å². The van der Waals surface area contributed by atoms with Gasteiger partial charge >= 0.3 is 24.2 Å². The minimum Gasteiger partial charge on any atom is -0.481 e. The van der Waals surface area contributed by atoms with Crippen molar-refractivity contribution in [2.45, 2.75) is 31.6 Å². The highest BCUT2D eigenvalue weighted by atomic mass is 19.3. The van der Waals surface area contributed by atoms with Crippen molar-refractivity contribution in [2.75, 3.05) is 5.32 Å². The molecule has 8 heteroatoms. The lowest BCUT2D eigenvalue weighted by Crippen LogP contribution is -2.41. The number of carbonyl (C=O) groups excluding carboxylic acids is 1. The zero-order chi connectivity index (χ0) is 16.4. The summed E-state index contributed by atoms with van der Waals surface area (Å²) in [5.74, 6) is -8.01. The molecule has 0 atom stereocenters. The average molecular weight is 307 g/mol. The number of carboxylic acids is 1. The van der Waals surface area contributed by atoms with Crippen LogP contribution in [0.4, 0.5) is 23.2 Å². The molecule has 0 fully saturated rings. The van der Waals surface area contributed by atoms with E-state index in [-0.39, 0.29) is 5.69 Å². The Kier molecular flexibility index (Phi) is 4.60. The highest BCUT2D eigenvalue weighted by Crippen LogP contribution is 2.27. The molecule has 0 bridgehead atoms. The number of aliphatic carboxylic acids is 1. The third kappa shape index (κ3) is 3.50. The smallest absolute Gasteiger partial charge is 0.383 e. The van der Waals surface area contributed by atoms with E-state index >= 15 is 0 Å². The van der Waals surface area contributed by atoms with Gasteiger partial charge in [-0.15, -0.1) is 0 Å². The van der Waals surface area contributed by atoms with Crippen LogP contribution in [0.2, 0.25) is 0 Å². The Morgan fingerprint density at radius 2 is 1.62 bits per heavy atom. The molecule has 0 heterocycles. The number of hydrogen-bond acceptors (Lipinski definition) is 2. The van der Waals surface area contributed by atoms with Crippen LogP contribution in [0.3, 0.4) is 0 Å². The minimum absolute atomic E-state index is 0.134. The molecular formula is C13H13F4NO3. The number of carboxylic acid groups (broad SMARTS) is 1. The topological polar surface area (TPSA) is 66.4 Å². The van der Waals surface area contributed by atoms with Gasteiger partial charge in [0.05, 0.1) is 5.41 Å². The van der Waals surface area contributed by atoms with Gasteiger partial charge < -0.3 is 10.4 Å². The summed E-state index contributed by atoms with van der Waals surface area (Å²) in [4.78, 5) is 22.1. The highest BCUT2D eigenvalue weighted by molar-refractivity contribution is 5.96. The van der Waals surface area contributed by atoms with Crippen LogP contribution in [-0.4, -0.2) is 29.3 Å². The predicted octanol–water partition coefficient (Wildman–Crippen LogP) is 2.89. The minimum atomic E-state index is -4.79. The van der Waals surface area contributed by atoms with E-state index in [2.05, 4.69) is 0 Å². The second kappa shape index (κ2) is 5.71. The maximum Gasteiger partial charge on any atom is 0.383 e. The number of anilines is 1. The van der Waals surface area contributed by atoms with Crippen LogP contribution >= 0.6 is 0 Å². The van der Waals surface area contributed by atoms with Crippen LogP contribution in [0.15, 0.2) is 24.3 Å². The van der Waals surface area contributed by atoms with Crippen LogP contribution < -0.4 is 5.32 Å². The first kappa shape index (κ1) is 16.9. The van der Waals surface area contributed by atoms with Crippen molar-refractivity contribution in [1.29, 1.82) is 0 Å². The average Bonchev–Trinajstić information content (AvgIpc) is 2.38. The van der Waals surface area contributed by atoms with Gasteiger partial charge in [0.1, 0.15) is 0 Å².